The molecule has 1 rings (SSSR count). The molecule has 0 aliphatic carbocycles. The van der Waals surface area contributed by atoms with E-state index in [0.29, 0.717) is 5.56 Å². The molecule has 0 radical (unpaired) electrons. The Bertz CT molecular complexity index is 612. The van der Waals surface area contributed by atoms with Crippen molar-refractivity contribution in [1.29, 1.82) is 5.26 Å². The number of carbonyl (C=O) groups excluding carboxylic acids is 2. The summed E-state index contributed by atoms with van der Waals surface area (Å²) >= 11 is 0. The molecule has 0 atom stereocenters. The number of ether oxygens (including phenoxy) is 2. The van der Waals surface area contributed by atoms with Crippen molar-refractivity contribution in [3.8, 4) is 6.07 Å². The minimum Gasteiger partial charge on any atom is -0.462 e. The highest BCUT2D eigenvalue weighted by atomic mass is 16.6. The number of nitriles is 1. The summed E-state index contributed by atoms with van der Waals surface area (Å²) in [5, 5.41) is 11.8. The van der Waals surface area contributed by atoms with Crippen molar-refractivity contribution in [2.45, 2.75) is 20.8 Å². The third-order valence-electron chi connectivity index (χ3n) is 2.62. The SMILES string of the molecule is CCOC(=O)C(=CNc1nccc(C)c1C#N)C(=O)OCC. The monoisotopic (exact) mass is 303 g/mol. The van der Waals surface area contributed by atoms with E-state index in [1.54, 1.807) is 26.8 Å². The first kappa shape index (κ1) is 17.2. The van der Waals surface area contributed by atoms with Crippen molar-refractivity contribution < 1.29 is 19.1 Å². The van der Waals surface area contributed by atoms with Gasteiger partial charge in [0, 0.05) is 12.4 Å². The molecule has 7 nitrogen and oxygen atoms in total. The molecule has 0 bridgehead atoms. The summed E-state index contributed by atoms with van der Waals surface area (Å²) in [5.74, 6) is -1.37. The highest BCUT2D eigenvalue weighted by Gasteiger charge is 2.21. The number of hydrogen-bond donors (Lipinski definition) is 1. The predicted molar refractivity (Wildman–Crippen MR) is 78.7 cm³/mol. The first-order valence-corrected chi connectivity index (χ1v) is 6.71. The van der Waals surface area contributed by atoms with Crippen LogP contribution in [0.4, 0.5) is 5.82 Å². The molecule has 1 N–H and O–H groups in total. The number of rotatable bonds is 6. The van der Waals surface area contributed by atoms with Gasteiger partial charge in [-0.15, -0.1) is 0 Å². The van der Waals surface area contributed by atoms with Gasteiger partial charge in [-0.1, -0.05) is 0 Å². The summed E-state index contributed by atoms with van der Waals surface area (Å²) in [6.07, 6.45) is 2.65. The number of esters is 2. The largest absolute Gasteiger partial charge is 0.462 e. The number of hydrogen-bond acceptors (Lipinski definition) is 7. The molecule has 7 heteroatoms. The summed E-state index contributed by atoms with van der Waals surface area (Å²) < 4.78 is 9.61. The quantitative estimate of drug-likeness (QED) is 0.369. The third-order valence-corrected chi connectivity index (χ3v) is 2.62. The Kier molecular flexibility index (Phi) is 6.57. The van der Waals surface area contributed by atoms with Crippen molar-refractivity contribution in [1.82, 2.24) is 4.98 Å². The predicted octanol–water partition coefficient (Wildman–Crippen LogP) is 1.68. The zero-order chi connectivity index (χ0) is 16.5. The lowest BCUT2D eigenvalue weighted by Crippen LogP contribution is -2.19. The van der Waals surface area contributed by atoms with E-state index in [-0.39, 0.29) is 24.6 Å². The molecule has 1 heterocycles. The second-order valence-electron chi connectivity index (χ2n) is 4.11. The van der Waals surface area contributed by atoms with Crippen LogP contribution in [0, 0.1) is 18.3 Å². The van der Waals surface area contributed by atoms with E-state index in [2.05, 4.69) is 10.3 Å². The average Bonchev–Trinajstić information content (AvgIpc) is 2.48. The lowest BCUT2D eigenvalue weighted by molar-refractivity contribution is -0.146. The van der Waals surface area contributed by atoms with Gasteiger partial charge in [0.2, 0.25) is 0 Å². The molecule has 22 heavy (non-hydrogen) atoms. The zero-order valence-electron chi connectivity index (χ0n) is 12.7. The molecule has 0 spiro atoms. The van der Waals surface area contributed by atoms with E-state index in [1.807, 2.05) is 6.07 Å². The van der Waals surface area contributed by atoms with E-state index in [4.69, 9.17) is 14.7 Å². The number of anilines is 1. The Morgan fingerprint density at radius 2 is 1.91 bits per heavy atom. The van der Waals surface area contributed by atoms with Gasteiger partial charge in [0.1, 0.15) is 11.9 Å². The van der Waals surface area contributed by atoms with Crippen LogP contribution in [0.3, 0.4) is 0 Å². The van der Waals surface area contributed by atoms with Gasteiger partial charge in [0.15, 0.2) is 5.57 Å². The molecule has 1 aromatic heterocycles. The van der Waals surface area contributed by atoms with Crippen molar-refractivity contribution in [2.24, 2.45) is 0 Å². The molecule has 0 aromatic carbocycles. The van der Waals surface area contributed by atoms with Crippen LogP contribution in [0.2, 0.25) is 0 Å². The van der Waals surface area contributed by atoms with Crippen LogP contribution in [-0.2, 0) is 19.1 Å². The standard InChI is InChI=1S/C15H17N3O4/c1-4-21-14(19)12(15(20)22-5-2)9-18-13-11(8-16)10(3)6-7-17-13/h6-7,9H,4-5H2,1-3H3,(H,17,18). The van der Waals surface area contributed by atoms with E-state index < -0.39 is 11.9 Å². The zero-order valence-corrected chi connectivity index (χ0v) is 12.7. The normalized spacial score (nSPS) is 9.36. The highest BCUT2D eigenvalue weighted by molar-refractivity contribution is 6.14. The maximum absolute atomic E-state index is 11.8. The van der Waals surface area contributed by atoms with E-state index in [0.717, 1.165) is 11.8 Å². The average molecular weight is 303 g/mol. The first-order chi connectivity index (χ1) is 10.5. The molecule has 1 aromatic rings. The fourth-order valence-electron chi connectivity index (χ4n) is 1.57. The number of carbonyl (C=O) groups is 2. The third kappa shape index (κ3) is 4.31. The first-order valence-electron chi connectivity index (χ1n) is 6.71. The molecular formula is C15H17N3O4. The van der Waals surface area contributed by atoms with Gasteiger partial charge in [0.25, 0.3) is 0 Å². The summed E-state index contributed by atoms with van der Waals surface area (Å²) in [6, 6.07) is 3.70. The van der Waals surface area contributed by atoms with Crippen molar-refractivity contribution in [3.63, 3.8) is 0 Å². The maximum atomic E-state index is 11.8. The fraction of sp³-hybridized carbons (Fsp3) is 0.333. The van der Waals surface area contributed by atoms with Gasteiger partial charge in [0.05, 0.1) is 18.8 Å². The fourth-order valence-corrected chi connectivity index (χ4v) is 1.57. The van der Waals surface area contributed by atoms with Gasteiger partial charge < -0.3 is 14.8 Å². The summed E-state index contributed by atoms with van der Waals surface area (Å²) in [5.41, 5.74) is 0.754. The Morgan fingerprint density at radius 1 is 1.32 bits per heavy atom. The summed E-state index contributed by atoms with van der Waals surface area (Å²) in [6.45, 7) is 5.27. The number of nitrogens with one attached hydrogen (secondary N) is 1. The van der Waals surface area contributed by atoms with Gasteiger partial charge in [-0.25, -0.2) is 14.6 Å². The van der Waals surface area contributed by atoms with Crippen LogP contribution in [0.15, 0.2) is 24.0 Å². The van der Waals surface area contributed by atoms with E-state index in [1.165, 1.54) is 6.20 Å². The Balaban J connectivity index is 3.09. The van der Waals surface area contributed by atoms with Crippen LogP contribution in [0.5, 0.6) is 0 Å². The molecule has 0 aliphatic rings. The van der Waals surface area contributed by atoms with Gasteiger partial charge in [-0.3, -0.25) is 0 Å². The van der Waals surface area contributed by atoms with E-state index >= 15 is 0 Å². The number of pyridine rings is 1. The number of aryl methyl sites for hydroxylation is 1. The van der Waals surface area contributed by atoms with Crippen molar-refractivity contribution >= 4 is 17.8 Å². The molecule has 0 aliphatic heterocycles. The summed E-state index contributed by atoms with van der Waals surface area (Å²) in [4.78, 5) is 27.6. The van der Waals surface area contributed by atoms with Crippen molar-refractivity contribution in [2.75, 3.05) is 18.5 Å². The molecule has 0 saturated heterocycles. The Labute approximate surface area is 128 Å². The topological polar surface area (TPSA) is 101 Å². The molecule has 0 fully saturated rings. The Morgan fingerprint density at radius 3 is 2.41 bits per heavy atom. The molecular weight excluding hydrogens is 286 g/mol. The summed E-state index contributed by atoms with van der Waals surface area (Å²) in [7, 11) is 0. The van der Waals surface area contributed by atoms with Crippen LogP contribution < -0.4 is 5.32 Å². The van der Waals surface area contributed by atoms with Crippen LogP contribution in [-0.4, -0.2) is 30.1 Å². The lowest BCUT2D eigenvalue weighted by Gasteiger charge is -2.08. The molecule has 0 saturated carbocycles. The minimum absolute atomic E-state index is 0.127. The smallest absolute Gasteiger partial charge is 0.347 e. The molecule has 0 amide bonds. The maximum Gasteiger partial charge on any atom is 0.347 e. The number of nitrogens with zero attached hydrogens (tertiary/aromatic N) is 2. The highest BCUT2D eigenvalue weighted by Crippen LogP contribution is 2.15. The minimum atomic E-state index is -0.806. The van der Waals surface area contributed by atoms with Crippen LogP contribution in [0.1, 0.15) is 25.0 Å². The van der Waals surface area contributed by atoms with Crippen molar-refractivity contribution in [3.05, 3.63) is 35.2 Å². The van der Waals surface area contributed by atoms with Gasteiger partial charge in [-0.2, -0.15) is 5.26 Å². The van der Waals surface area contributed by atoms with Crippen LogP contribution in [0.25, 0.3) is 0 Å². The lowest BCUT2D eigenvalue weighted by atomic mass is 10.1. The molecule has 0 unspecified atom stereocenters. The Hall–Kier alpha value is -2.88. The van der Waals surface area contributed by atoms with Crippen LogP contribution >= 0.6 is 0 Å². The molecule has 116 valence electrons. The second kappa shape index (κ2) is 8.42. The van der Waals surface area contributed by atoms with E-state index in [9.17, 15) is 9.59 Å². The van der Waals surface area contributed by atoms with Gasteiger partial charge >= 0.3 is 11.9 Å². The second-order valence-corrected chi connectivity index (χ2v) is 4.11. The van der Waals surface area contributed by atoms with Gasteiger partial charge in [-0.05, 0) is 32.4 Å². The number of aromatic nitrogens is 1.